The van der Waals surface area contributed by atoms with E-state index in [1.165, 1.54) is 25.9 Å². The number of nitrogens with zero attached hydrogens (tertiary/aromatic N) is 2. The fourth-order valence-electron chi connectivity index (χ4n) is 1.83. The van der Waals surface area contributed by atoms with Crippen molar-refractivity contribution in [3.63, 3.8) is 0 Å². The monoisotopic (exact) mass is 199 g/mol. The van der Waals surface area contributed by atoms with Crippen LogP contribution >= 0.6 is 0 Å². The largest absolute Gasteiger partial charge is 0.351 e. The van der Waals surface area contributed by atoms with Gasteiger partial charge in [0.05, 0.1) is 0 Å². The van der Waals surface area contributed by atoms with Gasteiger partial charge in [0.2, 0.25) is 5.96 Å². The van der Waals surface area contributed by atoms with Gasteiger partial charge < -0.3 is 10.2 Å². The Labute approximate surface area is 85.7 Å². The lowest BCUT2D eigenvalue weighted by molar-refractivity contribution is 0.332. The van der Waals surface area contributed by atoms with Crippen molar-refractivity contribution < 1.29 is 0 Å². The molecule has 5 nitrogen and oxygen atoms in total. The topological polar surface area (TPSA) is 65.7 Å². The maximum atomic E-state index is 5.30. The maximum Gasteiger partial charge on any atom is 0.205 e. The van der Waals surface area contributed by atoms with Gasteiger partial charge in [0.25, 0.3) is 0 Å². The average molecular weight is 199 g/mol. The molecular formula is C9H21N5. The zero-order chi connectivity index (χ0) is 10.4. The van der Waals surface area contributed by atoms with Gasteiger partial charge in [-0.15, -0.1) is 0 Å². The number of aliphatic imine (C=N–C) groups is 1. The van der Waals surface area contributed by atoms with Crippen LogP contribution in [0.1, 0.15) is 19.8 Å². The van der Waals surface area contributed by atoms with E-state index in [4.69, 9.17) is 5.84 Å². The van der Waals surface area contributed by atoms with E-state index in [1.807, 2.05) is 0 Å². The number of nitrogens with one attached hydrogen (secondary N) is 2. The third-order valence-corrected chi connectivity index (χ3v) is 2.51. The smallest absolute Gasteiger partial charge is 0.205 e. The summed E-state index contributed by atoms with van der Waals surface area (Å²) >= 11 is 0. The van der Waals surface area contributed by atoms with Gasteiger partial charge in [0.1, 0.15) is 0 Å². The van der Waals surface area contributed by atoms with Crippen LogP contribution in [0.5, 0.6) is 0 Å². The van der Waals surface area contributed by atoms with Crippen molar-refractivity contribution in [3.8, 4) is 0 Å². The summed E-state index contributed by atoms with van der Waals surface area (Å²) in [6.07, 6.45) is 2.39. The van der Waals surface area contributed by atoms with Crippen LogP contribution in [0, 0.1) is 0 Å². The molecule has 5 heteroatoms. The minimum absolute atomic E-state index is 0.483. The summed E-state index contributed by atoms with van der Waals surface area (Å²) in [5.74, 6) is 5.97. The SMILES string of the molecule is CCCN1CCC(NC(=NC)NN)C1. The number of likely N-dealkylation sites (tertiary alicyclic amines) is 1. The predicted molar refractivity (Wildman–Crippen MR) is 59.0 cm³/mol. The molecule has 0 radical (unpaired) electrons. The fourth-order valence-corrected chi connectivity index (χ4v) is 1.83. The Balaban J connectivity index is 2.28. The van der Waals surface area contributed by atoms with Crippen LogP contribution in [-0.4, -0.2) is 43.6 Å². The number of hydrogen-bond acceptors (Lipinski definition) is 3. The maximum absolute atomic E-state index is 5.30. The van der Waals surface area contributed by atoms with Crippen LogP contribution in [0.4, 0.5) is 0 Å². The van der Waals surface area contributed by atoms with Gasteiger partial charge in [0, 0.05) is 26.2 Å². The Hall–Kier alpha value is -0.810. The molecule has 1 aliphatic heterocycles. The zero-order valence-corrected chi connectivity index (χ0v) is 9.08. The third-order valence-electron chi connectivity index (χ3n) is 2.51. The van der Waals surface area contributed by atoms with E-state index in [-0.39, 0.29) is 0 Å². The lowest BCUT2D eigenvalue weighted by Gasteiger charge is -2.16. The third kappa shape index (κ3) is 3.16. The Morgan fingerprint density at radius 1 is 1.64 bits per heavy atom. The van der Waals surface area contributed by atoms with E-state index in [2.05, 4.69) is 27.6 Å². The molecule has 0 amide bonds. The number of rotatable bonds is 3. The van der Waals surface area contributed by atoms with Crippen LogP contribution in [0.3, 0.4) is 0 Å². The Morgan fingerprint density at radius 2 is 2.43 bits per heavy atom. The second kappa shape index (κ2) is 5.82. The molecule has 1 aliphatic rings. The molecule has 1 atom stereocenters. The van der Waals surface area contributed by atoms with Crippen molar-refractivity contribution in [2.75, 3.05) is 26.7 Å². The molecule has 0 aromatic rings. The summed E-state index contributed by atoms with van der Waals surface area (Å²) < 4.78 is 0. The van der Waals surface area contributed by atoms with E-state index in [1.54, 1.807) is 7.05 Å². The average Bonchev–Trinajstić information content (AvgIpc) is 2.63. The first-order chi connectivity index (χ1) is 6.80. The van der Waals surface area contributed by atoms with Crippen molar-refractivity contribution in [2.24, 2.45) is 10.8 Å². The molecule has 1 saturated heterocycles. The first-order valence-electron chi connectivity index (χ1n) is 5.22. The van der Waals surface area contributed by atoms with Crippen LogP contribution in [0.15, 0.2) is 4.99 Å². The van der Waals surface area contributed by atoms with Crippen LogP contribution in [0.2, 0.25) is 0 Å². The summed E-state index contributed by atoms with van der Waals surface area (Å²) in [4.78, 5) is 6.45. The number of guanidine groups is 1. The van der Waals surface area contributed by atoms with Crippen molar-refractivity contribution >= 4 is 5.96 Å². The molecule has 0 aromatic heterocycles. The quantitative estimate of drug-likeness (QED) is 0.248. The molecule has 1 rings (SSSR count). The Morgan fingerprint density at radius 3 is 3.00 bits per heavy atom. The van der Waals surface area contributed by atoms with Gasteiger partial charge in [-0.1, -0.05) is 6.92 Å². The second-order valence-electron chi connectivity index (χ2n) is 3.65. The van der Waals surface area contributed by atoms with Crippen molar-refractivity contribution in [3.05, 3.63) is 0 Å². The number of hydrazine groups is 1. The summed E-state index contributed by atoms with van der Waals surface area (Å²) in [7, 11) is 1.72. The predicted octanol–water partition coefficient (Wildman–Crippen LogP) is -0.491. The summed E-state index contributed by atoms with van der Waals surface area (Å²) in [5.41, 5.74) is 2.55. The first kappa shape index (κ1) is 11.3. The van der Waals surface area contributed by atoms with E-state index in [0.717, 1.165) is 6.54 Å². The van der Waals surface area contributed by atoms with E-state index in [9.17, 15) is 0 Å². The standard InChI is InChI=1S/C9H21N5/c1-3-5-14-6-4-8(7-14)12-9(11-2)13-10/h8H,3-7,10H2,1-2H3,(H2,11,12,13). The highest BCUT2D eigenvalue weighted by Gasteiger charge is 2.21. The van der Waals surface area contributed by atoms with Crippen molar-refractivity contribution in [2.45, 2.75) is 25.8 Å². The van der Waals surface area contributed by atoms with Crippen molar-refractivity contribution in [1.82, 2.24) is 15.6 Å². The Bertz CT molecular complexity index is 192. The molecule has 0 aliphatic carbocycles. The lowest BCUT2D eigenvalue weighted by Crippen LogP contribution is -2.47. The van der Waals surface area contributed by atoms with Gasteiger partial charge in [-0.25, -0.2) is 5.84 Å². The molecule has 1 unspecified atom stereocenters. The highest BCUT2D eigenvalue weighted by atomic mass is 15.3. The van der Waals surface area contributed by atoms with Crippen LogP contribution in [0.25, 0.3) is 0 Å². The summed E-state index contributed by atoms with van der Waals surface area (Å²) in [6.45, 7) is 5.66. The van der Waals surface area contributed by atoms with E-state index >= 15 is 0 Å². The van der Waals surface area contributed by atoms with Crippen LogP contribution < -0.4 is 16.6 Å². The molecule has 0 spiro atoms. The van der Waals surface area contributed by atoms with Gasteiger partial charge in [-0.2, -0.15) is 0 Å². The molecule has 0 saturated carbocycles. The van der Waals surface area contributed by atoms with Gasteiger partial charge in [-0.05, 0) is 19.4 Å². The van der Waals surface area contributed by atoms with E-state index < -0.39 is 0 Å². The second-order valence-corrected chi connectivity index (χ2v) is 3.65. The minimum Gasteiger partial charge on any atom is -0.351 e. The fraction of sp³-hybridized carbons (Fsp3) is 0.889. The molecule has 1 heterocycles. The first-order valence-corrected chi connectivity index (χ1v) is 5.22. The number of nitrogens with two attached hydrogens (primary N) is 1. The molecular weight excluding hydrogens is 178 g/mol. The summed E-state index contributed by atoms with van der Waals surface area (Å²) in [5, 5.41) is 3.28. The molecule has 82 valence electrons. The van der Waals surface area contributed by atoms with Gasteiger partial charge in [-0.3, -0.25) is 10.4 Å². The van der Waals surface area contributed by atoms with Gasteiger partial charge in [0.15, 0.2) is 0 Å². The molecule has 14 heavy (non-hydrogen) atoms. The number of hydrogen-bond donors (Lipinski definition) is 3. The molecule has 1 fully saturated rings. The van der Waals surface area contributed by atoms with E-state index in [0.29, 0.717) is 12.0 Å². The highest BCUT2D eigenvalue weighted by molar-refractivity contribution is 5.79. The summed E-state index contributed by atoms with van der Waals surface area (Å²) in [6, 6.07) is 0.483. The normalized spacial score (nSPS) is 23.9. The minimum atomic E-state index is 0.483. The molecule has 0 bridgehead atoms. The van der Waals surface area contributed by atoms with Crippen molar-refractivity contribution in [1.29, 1.82) is 0 Å². The highest BCUT2D eigenvalue weighted by Crippen LogP contribution is 2.08. The lowest BCUT2D eigenvalue weighted by atomic mass is 10.3. The molecule has 4 N–H and O–H groups in total. The molecule has 0 aromatic carbocycles. The zero-order valence-electron chi connectivity index (χ0n) is 9.08. The Kier molecular flexibility index (Phi) is 4.69. The van der Waals surface area contributed by atoms with Gasteiger partial charge >= 0.3 is 0 Å². The van der Waals surface area contributed by atoms with Crippen LogP contribution in [-0.2, 0) is 0 Å².